The summed E-state index contributed by atoms with van der Waals surface area (Å²) in [5.41, 5.74) is 10.4. The van der Waals surface area contributed by atoms with E-state index in [-0.39, 0.29) is 0 Å². The number of aliphatic imine (C=N–C) groups is 1. The van der Waals surface area contributed by atoms with Crippen molar-refractivity contribution >= 4 is 17.7 Å². The predicted molar refractivity (Wildman–Crippen MR) is 57.6 cm³/mol. The van der Waals surface area contributed by atoms with Crippen LogP contribution in [0.4, 0.5) is 11.4 Å². The first kappa shape index (κ1) is 8.98. The fourth-order valence-electron chi connectivity index (χ4n) is 1.33. The summed E-state index contributed by atoms with van der Waals surface area (Å²) in [7, 11) is 1.86. The molecule has 5 heteroatoms. The minimum atomic E-state index is 0.626. The highest BCUT2D eigenvalue weighted by atomic mass is 15.8. The first-order chi connectivity index (χ1) is 6.81. The third kappa shape index (κ3) is 1.55. The lowest BCUT2D eigenvalue weighted by Gasteiger charge is -2.25. The molecule has 0 bridgehead atoms. The lowest BCUT2D eigenvalue weighted by molar-refractivity contribution is 0.243. The molecule has 74 valence electrons. The zero-order chi connectivity index (χ0) is 9.97. The van der Waals surface area contributed by atoms with E-state index in [1.54, 1.807) is 6.34 Å². The van der Waals surface area contributed by atoms with Gasteiger partial charge in [-0.2, -0.15) is 0 Å². The van der Waals surface area contributed by atoms with Crippen LogP contribution in [0.3, 0.4) is 0 Å². The number of rotatable bonds is 2. The van der Waals surface area contributed by atoms with Crippen molar-refractivity contribution in [1.29, 1.82) is 0 Å². The van der Waals surface area contributed by atoms with Crippen LogP contribution in [0.15, 0.2) is 29.3 Å². The van der Waals surface area contributed by atoms with Crippen molar-refractivity contribution in [2.24, 2.45) is 4.99 Å². The molecule has 1 aliphatic rings. The number of nitrogens with zero attached hydrogens (tertiary/aromatic N) is 3. The average Bonchev–Trinajstić information content (AvgIpc) is 2.67. The zero-order valence-corrected chi connectivity index (χ0v) is 8.01. The van der Waals surface area contributed by atoms with Gasteiger partial charge in [-0.25, -0.2) is 10.4 Å². The van der Waals surface area contributed by atoms with Crippen LogP contribution in [0, 0.1) is 0 Å². The van der Waals surface area contributed by atoms with Crippen molar-refractivity contribution in [2.75, 3.05) is 24.5 Å². The van der Waals surface area contributed by atoms with Gasteiger partial charge in [0.05, 0.1) is 5.69 Å². The number of benzene rings is 1. The van der Waals surface area contributed by atoms with Gasteiger partial charge in [-0.15, -0.1) is 5.12 Å². The summed E-state index contributed by atoms with van der Waals surface area (Å²) >= 11 is 0. The maximum absolute atomic E-state index is 5.61. The molecular formula is C9H13N5. The molecule has 0 saturated carbocycles. The van der Waals surface area contributed by atoms with Crippen LogP contribution in [0.1, 0.15) is 0 Å². The van der Waals surface area contributed by atoms with E-state index in [0.717, 1.165) is 11.4 Å². The summed E-state index contributed by atoms with van der Waals surface area (Å²) in [6, 6.07) is 7.65. The minimum Gasteiger partial charge on any atom is -0.399 e. The van der Waals surface area contributed by atoms with Crippen molar-refractivity contribution in [3.8, 4) is 0 Å². The van der Waals surface area contributed by atoms with E-state index >= 15 is 0 Å². The van der Waals surface area contributed by atoms with Gasteiger partial charge in [0.2, 0.25) is 0 Å². The Morgan fingerprint density at radius 2 is 2.07 bits per heavy atom. The molecule has 0 saturated heterocycles. The van der Waals surface area contributed by atoms with E-state index in [1.165, 1.54) is 0 Å². The van der Waals surface area contributed by atoms with Gasteiger partial charge in [-0.05, 0) is 24.3 Å². The molecule has 0 atom stereocenters. The smallest absolute Gasteiger partial charge is 0.127 e. The Labute approximate surface area is 82.8 Å². The largest absolute Gasteiger partial charge is 0.399 e. The molecule has 1 heterocycles. The zero-order valence-electron chi connectivity index (χ0n) is 8.01. The number of nitrogen functional groups attached to an aromatic ring is 1. The fraction of sp³-hybridized carbons (Fsp3) is 0.222. The van der Waals surface area contributed by atoms with Crippen molar-refractivity contribution in [3.05, 3.63) is 24.3 Å². The maximum atomic E-state index is 5.61. The monoisotopic (exact) mass is 191 g/mol. The van der Waals surface area contributed by atoms with Gasteiger partial charge in [0.25, 0.3) is 0 Å². The lowest BCUT2D eigenvalue weighted by Crippen LogP contribution is -2.45. The van der Waals surface area contributed by atoms with Gasteiger partial charge in [-0.3, -0.25) is 4.99 Å². The number of anilines is 2. The third-order valence-electron chi connectivity index (χ3n) is 2.08. The van der Waals surface area contributed by atoms with Gasteiger partial charge in [-0.1, -0.05) is 0 Å². The Balaban J connectivity index is 2.22. The summed E-state index contributed by atoms with van der Waals surface area (Å²) in [5, 5.41) is 3.82. The van der Waals surface area contributed by atoms with Gasteiger partial charge >= 0.3 is 0 Å². The molecule has 14 heavy (non-hydrogen) atoms. The quantitative estimate of drug-likeness (QED) is 0.665. The molecule has 0 aromatic heterocycles. The third-order valence-corrected chi connectivity index (χ3v) is 2.08. The highest BCUT2D eigenvalue weighted by molar-refractivity contribution is 5.79. The van der Waals surface area contributed by atoms with Gasteiger partial charge in [0.1, 0.15) is 13.0 Å². The number of nitrogens with two attached hydrogens (primary N) is 1. The van der Waals surface area contributed by atoms with Gasteiger partial charge < -0.3 is 5.73 Å². The molecule has 1 aromatic rings. The Morgan fingerprint density at radius 3 is 2.71 bits per heavy atom. The number of hydrazine groups is 2. The van der Waals surface area contributed by atoms with Crippen LogP contribution in [0.25, 0.3) is 0 Å². The van der Waals surface area contributed by atoms with E-state index in [9.17, 15) is 0 Å². The second kappa shape index (κ2) is 3.65. The van der Waals surface area contributed by atoms with E-state index in [1.807, 2.05) is 41.4 Å². The van der Waals surface area contributed by atoms with E-state index in [4.69, 9.17) is 5.73 Å². The van der Waals surface area contributed by atoms with Gasteiger partial charge in [0.15, 0.2) is 0 Å². The molecule has 1 aromatic carbocycles. The van der Waals surface area contributed by atoms with Crippen LogP contribution in [0.2, 0.25) is 0 Å². The van der Waals surface area contributed by atoms with E-state index in [2.05, 4.69) is 10.4 Å². The van der Waals surface area contributed by atoms with Crippen molar-refractivity contribution in [3.63, 3.8) is 0 Å². The molecule has 0 amide bonds. The normalized spacial score (nSPS) is 16.5. The summed E-state index contributed by atoms with van der Waals surface area (Å²) in [6.07, 6.45) is 1.78. The molecule has 0 unspecified atom stereocenters. The Hall–Kier alpha value is -1.59. The molecule has 5 nitrogen and oxygen atoms in total. The summed E-state index contributed by atoms with van der Waals surface area (Å²) in [4.78, 5) is 4.15. The van der Waals surface area contributed by atoms with Crippen LogP contribution in [0.5, 0.6) is 0 Å². The minimum absolute atomic E-state index is 0.626. The fourth-order valence-corrected chi connectivity index (χ4v) is 1.33. The summed E-state index contributed by atoms with van der Waals surface area (Å²) in [6.45, 7) is 0.626. The molecule has 0 aliphatic carbocycles. The summed E-state index contributed by atoms with van der Waals surface area (Å²) in [5.74, 6) is 0. The second-order valence-electron chi connectivity index (χ2n) is 3.00. The highest BCUT2D eigenvalue weighted by Crippen LogP contribution is 2.17. The first-order valence-corrected chi connectivity index (χ1v) is 4.41. The van der Waals surface area contributed by atoms with Crippen LogP contribution in [-0.4, -0.2) is 25.2 Å². The van der Waals surface area contributed by atoms with Crippen LogP contribution >= 0.6 is 0 Å². The molecule has 1 aliphatic heterocycles. The Morgan fingerprint density at radius 1 is 1.36 bits per heavy atom. The Bertz CT molecular complexity index is 332. The Kier molecular flexibility index (Phi) is 2.34. The van der Waals surface area contributed by atoms with Crippen LogP contribution < -0.4 is 16.2 Å². The standard InChI is InChI=1S/C9H13N5/c1-11-14-7-12-6-13(14)9-4-2-8(10)3-5-9/h2-6,11H,7,10H2,1H3. The predicted octanol–water partition coefficient (Wildman–Crippen LogP) is 0.426. The number of nitrogens with one attached hydrogen (secondary N) is 1. The van der Waals surface area contributed by atoms with Crippen molar-refractivity contribution in [2.45, 2.75) is 0 Å². The average molecular weight is 191 g/mol. The molecule has 3 N–H and O–H groups in total. The molecular weight excluding hydrogens is 178 g/mol. The molecule has 0 fully saturated rings. The summed E-state index contributed by atoms with van der Waals surface area (Å²) < 4.78 is 0. The van der Waals surface area contributed by atoms with Crippen molar-refractivity contribution < 1.29 is 0 Å². The van der Waals surface area contributed by atoms with Gasteiger partial charge in [0, 0.05) is 12.7 Å². The lowest BCUT2D eigenvalue weighted by atomic mass is 10.3. The molecule has 2 rings (SSSR count). The van der Waals surface area contributed by atoms with Crippen molar-refractivity contribution in [1.82, 2.24) is 10.5 Å². The number of hydrogen-bond donors (Lipinski definition) is 2. The SMILES string of the molecule is CNN1CN=CN1c1ccc(N)cc1. The number of hydrogen-bond acceptors (Lipinski definition) is 5. The molecule has 0 spiro atoms. The second-order valence-corrected chi connectivity index (χ2v) is 3.00. The molecule has 0 radical (unpaired) electrons. The maximum Gasteiger partial charge on any atom is 0.127 e. The first-order valence-electron chi connectivity index (χ1n) is 4.41. The van der Waals surface area contributed by atoms with E-state index in [0.29, 0.717) is 6.67 Å². The van der Waals surface area contributed by atoms with Crippen LogP contribution in [-0.2, 0) is 0 Å². The topological polar surface area (TPSA) is 56.9 Å². The highest BCUT2D eigenvalue weighted by Gasteiger charge is 2.16. The van der Waals surface area contributed by atoms with E-state index < -0.39 is 0 Å².